The third-order valence-electron chi connectivity index (χ3n) is 3.30. The molecule has 8 nitrogen and oxygen atoms in total. The molecule has 1 aliphatic rings. The van der Waals surface area contributed by atoms with Gasteiger partial charge >= 0.3 is 0 Å². The van der Waals surface area contributed by atoms with E-state index in [1.807, 2.05) is 4.90 Å². The minimum atomic E-state index is -0.465. The highest BCUT2D eigenvalue weighted by Crippen LogP contribution is 2.28. The maximum absolute atomic E-state index is 10.9. The molecule has 0 amide bonds. The van der Waals surface area contributed by atoms with Gasteiger partial charge in [-0.05, 0) is 18.8 Å². The van der Waals surface area contributed by atoms with Crippen molar-refractivity contribution < 1.29 is 10.0 Å². The Bertz CT molecular complexity index is 468. The number of nitrogens with two attached hydrogens (primary N) is 1. The number of nitrogens with zero attached hydrogens (tertiary/aromatic N) is 3. The molecule has 1 unspecified atom stereocenters. The first-order valence-electron chi connectivity index (χ1n) is 6.13. The van der Waals surface area contributed by atoms with Crippen molar-refractivity contribution in [1.29, 1.82) is 0 Å². The van der Waals surface area contributed by atoms with Crippen molar-refractivity contribution in [3.8, 4) is 0 Å². The van der Waals surface area contributed by atoms with Crippen molar-refractivity contribution in [2.75, 3.05) is 30.0 Å². The van der Waals surface area contributed by atoms with Gasteiger partial charge < -0.3 is 15.4 Å². The number of hydrogen-bond acceptors (Lipinski definition) is 7. The maximum atomic E-state index is 10.9. The lowest BCUT2D eigenvalue weighted by atomic mass is 10.1. The van der Waals surface area contributed by atoms with Crippen LogP contribution in [0.25, 0.3) is 0 Å². The Labute approximate surface area is 110 Å². The van der Waals surface area contributed by atoms with E-state index in [-0.39, 0.29) is 18.1 Å². The Morgan fingerprint density at radius 3 is 3.05 bits per heavy atom. The van der Waals surface area contributed by atoms with Crippen molar-refractivity contribution in [2.45, 2.75) is 12.8 Å². The zero-order chi connectivity index (χ0) is 13.8. The van der Waals surface area contributed by atoms with Crippen LogP contribution in [0.5, 0.6) is 0 Å². The van der Waals surface area contributed by atoms with Gasteiger partial charge in [0.15, 0.2) is 0 Å². The van der Waals surface area contributed by atoms with E-state index in [2.05, 4.69) is 10.4 Å². The van der Waals surface area contributed by atoms with E-state index in [4.69, 9.17) is 10.9 Å². The predicted molar refractivity (Wildman–Crippen MR) is 70.7 cm³/mol. The third-order valence-corrected chi connectivity index (χ3v) is 3.30. The molecule has 0 radical (unpaired) electrons. The molecular formula is C11H17N5O3. The van der Waals surface area contributed by atoms with E-state index >= 15 is 0 Å². The number of nitrogens with one attached hydrogen (secondary N) is 1. The van der Waals surface area contributed by atoms with E-state index in [0.717, 1.165) is 25.9 Å². The second kappa shape index (κ2) is 5.81. The van der Waals surface area contributed by atoms with Crippen LogP contribution in [0.15, 0.2) is 12.1 Å². The first-order chi connectivity index (χ1) is 9.13. The molecule has 2 heterocycles. The van der Waals surface area contributed by atoms with Crippen LogP contribution in [0.1, 0.15) is 12.8 Å². The number of pyridine rings is 1. The molecule has 1 aromatic rings. The topological polar surface area (TPSA) is 118 Å². The monoisotopic (exact) mass is 267 g/mol. The van der Waals surface area contributed by atoms with Crippen molar-refractivity contribution in [3.05, 3.63) is 22.2 Å². The molecule has 104 valence electrons. The second-order valence-electron chi connectivity index (χ2n) is 4.58. The minimum Gasteiger partial charge on any atom is -0.396 e. The Morgan fingerprint density at radius 2 is 2.42 bits per heavy atom. The second-order valence-corrected chi connectivity index (χ2v) is 4.58. The number of nitrogen functional groups attached to an aromatic ring is 1. The summed E-state index contributed by atoms with van der Waals surface area (Å²) in [4.78, 5) is 16.6. The lowest BCUT2D eigenvalue weighted by Crippen LogP contribution is -2.22. The molecule has 0 spiro atoms. The number of aliphatic hydroxyl groups excluding tert-OH is 1. The molecular weight excluding hydrogens is 250 g/mol. The van der Waals surface area contributed by atoms with Gasteiger partial charge in [-0.15, -0.1) is 0 Å². The largest absolute Gasteiger partial charge is 0.396 e. The van der Waals surface area contributed by atoms with E-state index in [0.29, 0.717) is 11.7 Å². The number of aliphatic hydroxyl groups is 1. The van der Waals surface area contributed by atoms with E-state index < -0.39 is 4.92 Å². The summed E-state index contributed by atoms with van der Waals surface area (Å²) in [5.74, 6) is 6.49. The fraction of sp³-hybridized carbons (Fsp3) is 0.545. The van der Waals surface area contributed by atoms with E-state index in [9.17, 15) is 10.1 Å². The van der Waals surface area contributed by atoms with Crippen molar-refractivity contribution >= 4 is 17.3 Å². The Balaban J connectivity index is 2.20. The van der Waals surface area contributed by atoms with Crippen LogP contribution in [0.4, 0.5) is 17.3 Å². The van der Waals surface area contributed by atoms with Gasteiger partial charge in [0.25, 0.3) is 5.69 Å². The summed E-state index contributed by atoms with van der Waals surface area (Å²) >= 11 is 0. The van der Waals surface area contributed by atoms with E-state index in [1.165, 1.54) is 12.1 Å². The highest BCUT2D eigenvalue weighted by Gasteiger charge is 2.24. The molecule has 1 saturated heterocycles. The molecule has 8 heteroatoms. The van der Waals surface area contributed by atoms with Crippen LogP contribution in [0.3, 0.4) is 0 Å². The molecule has 1 fully saturated rings. The van der Waals surface area contributed by atoms with Gasteiger partial charge in [0.1, 0.15) is 11.6 Å². The zero-order valence-corrected chi connectivity index (χ0v) is 10.5. The van der Waals surface area contributed by atoms with Crippen LogP contribution in [-0.2, 0) is 0 Å². The summed E-state index contributed by atoms with van der Waals surface area (Å²) in [7, 11) is 0. The molecule has 2 rings (SSSR count). The smallest absolute Gasteiger partial charge is 0.276 e. The van der Waals surface area contributed by atoms with Gasteiger partial charge in [-0.25, -0.2) is 10.8 Å². The number of rotatable bonds is 5. The summed E-state index contributed by atoms with van der Waals surface area (Å²) in [5.41, 5.74) is 2.30. The lowest BCUT2D eigenvalue weighted by Gasteiger charge is -2.18. The first kappa shape index (κ1) is 13.5. The number of nitro groups is 1. The Morgan fingerprint density at radius 1 is 1.63 bits per heavy atom. The van der Waals surface area contributed by atoms with Crippen LogP contribution in [0, 0.1) is 16.0 Å². The Hall–Kier alpha value is -1.93. The van der Waals surface area contributed by atoms with Crippen LogP contribution in [0.2, 0.25) is 0 Å². The summed E-state index contributed by atoms with van der Waals surface area (Å²) < 4.78 is 0. The van der Waals surface area contributed by atoms with Gasteiger partial charge in [-0.2, -0.15) is 0 Å². The lowest BCUT2D eigenvalue weighted by molar-refractivity contribution is -0.384. The SMILES string of the molecule is NNc1cc([N+](=O)[O-])cc(N2CCC(CCO)C2)n1. The fourth-order valence-corrected chi connectivity index (χ4v) is 2.30. The Kier molecular flexibility index (Phi) is 4.13. The molecule has 1 atom stereocenters. The van der Waals surface area contributed by atoms with Gasteiger partial charge in [-0.3, -0.25) is 10.1 Å². The molecule has 0 aromatic carbocycles. The van der Waals surface area contributed by atoms with Crippen molar-refractivity contribution in [1.82, 2.24) is 4.98 Å². The average Bonchev–Trinajstić information content (AvgIpc) is 2.87. The number of hydrogen-bond donors (Lipinski definition) is 3. The van der Waals surface area contributed by atoms with Gasteiger partial charge in [0, 0.05) is 19.7 Å². The first-order valence-corrected chi connectivity index (χ1v) is 6.13. The van der Waals surface area contributed by atoms with Gasteiger partial charge in [-0.1, -0.05) is 0 Å². The van der Waals surface area contributed by atoms with Gasteiger partial charge in [0.2, 0.25) is 0 Å². The maximum Gasteiger partial charge on any atom is 0.276 e. The average molecular weight is 267 g/mol. The van der Waals surface area contributed by atoms with Crippen LogP contribution < -0.4 is 16.2 Å². The fourth-order valence-electron chi connectivity index (χ4n) is 2.30. The normalized spacial score (nSPS) is 18.6. The molecule has 0 saturated carbocycles. The molecule has 19 heavy (non-hydrogen) atoms. The summed E-state index contributed by atoms with van der Waals surface area (Å²) in [6.07, 6.45) is 1.70. The molecule has 0 bridgehead atoms. The molecule has 1 aliphatic heterocycles. The molecule has 1 aromatic heterocycles. The van der Waals surface area contributed by atoms with Crippen LogP contribution >= 0.6 is 0 Å². The van der Waals surface area contributed by atoms with Crippen LogP contribution in [-0.4, -0.2) is 34.7 Å². The van der Waals surface area contributed by atoms with Gasteiger partial charge in [0.05, 0.1) is 17.1 Å². The predicted octanol–water partition coefficient (Wildman–Crippen LogP) is 0.484. The molecule has 0 aliphatic carbocycles. The minimum absolute atomic E-state index is 0.0384. The third kappa shape index (κ3) is 3.09. The number of anilines is 2. The quantitative estimate of drug-likeness (QED) is 0.403. The van der Waals surface area contributed by atoms with Crippen molar-refractivity contribution in [2.24, 2.45) is 11.8 Å². The summed E-state index contributed by atoms with van der Waals surface area (Å²) in [5, 5.41) is 19.8. The highest BCUT2D eigenvalue weighted by molar-refractivity contribution is 5.55. The summed E-state index contributed by atoms with van der Waals surface area (Å²) in [6, 6.07) is 2.74. The number of hydrazine groups is 1. The van der Waals surface area contributed by atoms with Crippen molar-refractivity contribution in [3.63, 3.8) is 0 Å². The zero-order valence-electron chi connectivity index (χ0n) is 10.5. The highest BCUT2D eigenvalue weighted by atomic mass is 16.6. The summed E-state index contributed by atoms with van der Waals surface area (Å²) in [6.45, 7) is 1.69. The molecule has 4 N–H and O–H groups in total. The number of aromatic nitrogens is 1. The standard InChI is InChI=1S/C11H17N5O3/c12-14-10-5-9(16(18)19)6-11(13-10)15-3-1-8(7-15)2-4-17/h5-6,8,17H,1-4,7,12H2,(H,13,14). The van der Waals surface area contributed by atoms with E-state index in [1.54, 1.807) is 0 Å².